The Labute approximate surface area is 250 Å². The molecule has 217 valence electrons. The summed E-state index contributed by atoms with van der Waals surface area (Å²) in [6, 6.07) is 19.9. The average Bonchev–Trinajstić information content (AvgIpc) is 3.43. The van der Waals surface area contributed by atoms with Crippen LogP contribution in [-0.2, 0) is 20.1 Å². The van der Waals surface area contributed by atoms with E-state index in [9.17, 15) is 10.2 Å². The van der Waals surface area contributed by atoms with Gasteiger partial charge in [-0.05, 0) is 87.7 Å². The van der Waals surface area contributed by atoms with E-state index >= 15 is 0 Å². The van der Waals surface area contributed by atoms with E-state index in [1.807, 2.05) is 24.3 Å². The van der Waals surface area contributed by atoms with Crippen molar-refractivity contribution in [3.05, 3.63) is 54.6 Å². The van der Waals surface area contributed by atoms with Gasteiger partial charge in [0, 0.05) is 32.1 Å². The molecule has 2 aromatic carbocycles. The van der Waals surface area contributed by atoms with Gasteiger partial charge in [0.1, 0.15) is 0 Å². The number of benzene rings is 2. The topological polar surface area (TPSA) is 58.3 Å². The SMILES string of the molecule is CC(C)n1c(-c2[c-]cccc2)nc2ccccc21.CCC1(CC)CCCC2CC(CC)(CC)C(O)C2C1O.[Ir]. The summed E-state index contributed by atoms with van der Waals surface area (Å²) in [5.41, 5.74) is 3.36. The van der Waals surface area contributed by atoms with Gasteiger partial charge >= 0.3 is 0 Å². The third-order valence-electron chi connectivity index (χ3n) is 10.3. The van der Waals surface area contributed by atoms with Crippen LogP contribution in [0.1, 0.15) is 99.0 Å². The maximum Gasteiger partial charge on any atom is 0.0770 e. The molecule has 1 aromatic heterocycles. The summed E-state index contributed by atoms with van der Waals surface area (Å²) in [5.74, 6) is 1.63. The van der Waals surface area contributed by atoms with Crippen LogP contribution >= 0.6 is 0 Å². The zero-order chi connectivity index (χ0) is 27.5. The van der Waals surface area contributed by atoms with E-state index in [4.69, 9.17) is 4.98 Å². The first-order valence-corrected chi connectivity index (χ1v) is 15.1. The minimum absolute atomic E-state index is 0. The summed E-state index contributed by atoms with van der Waals surface area (Å²) in [4.78, 5) is 4.74. The molecule has 39 heavy (non-hydrogen) atoms. The monoisotopic (exact) mass is 710 g/mol. The number of hydrogen-bond donors (Lipinski definition) is 2. The molecule has 2 saturated carbocycles. The fourth-order valence-electron chi connectivity index (χ4n) is 7.71. The summed E-state index contributed by atoms with van der Waals surface area (Å²) >= 11 is 0. The Kier molecular flexibility index (Phi) is 11.0. The van der Waals surface area contributed by atoms with Gasteiger partial charge < -0.3 is 14.8 Å². The van der Waals surface area contributed by atoms with Gasteiger partial charge in [0.15, 0.2) is 0 Å². The number of imidazole rings is 1. The number of hydrogen-bond acceptors (Lipinski definition) is 3. The molecule has 0 bridgehead atoms. The zero-order valence-electron chi connectivity index (χ0n) is 24.8. The van der Waals surface area contributed by atoms with Gasteiger partial charge in [-0.3, -0.25) is 4.98 Å². The van der Waals surface area contributed by atoms with E-state index in [1.54, 1.807) is 0 Å². The van der Waals surface area contributed by atoms with Crippen LogP contribution in [0.25, 0.3) is 22.4 Å². The molecule has 2 aliphatic rings. The summed E-state index contributed by atoms with van der Waals surface area (Å²) in [6.45, 7) is 13.2. The third-order valence-corrected chi connectivity index (χ3v) is 10.3. The first kappa shape index (κ1) is 32.0. The number of para-hydroxylation sites is 2. The van der Waals surface area contributed by atoms with E-state index in [2.05, 4.69) is 76.4 Å². The molecular weight excluding hydrogens is 661 g/mol. The van der Waals surface area contributed by atoms with E-state index in [-0.39, 0.29) is 49.1 Å². The molecule has 2 N–H and O–H groups in total. The summed E-state index contributed by atoms with van der Waals surface area (Å²) in [6.07, 6.45) is 8.17. The predicted molar refractivity (Wildman–Crippen MR) is 158 cm³/mol. The summed E-state index contributed by atoms with van der Waals surface area (Å²) < 4.78 is 2.27. The number of nitrogens with zero attached hydrogens (tertiary/aromatic N) is 2. The molecule has 1 heterocycles. The maximum atomic E-state index is 11.1. The number of rotatable bonds is 6. The molecule has 2 aliphatic carbocycles. The zero-order valence-corrected chi connectivity index (χ0v) is 27.2. The van der Waals surface area contributed by atoms with Gasteiger partial charge in [-0.1, -0.05) is 46.2 Å². The van der Waals surface area contributed by atoms with Crippen LogP contribution in [0.5, 0.6) is 0 Å². The van der Waals surface area contributed by atoms with Crippen LogP contribution in [0.3, 0.4) is 0 Å². The Morgan fingerprint density at radius 3 is 2.13 bits per heavy atom. The van der Waals surface area contributed by atoms with Crippen molar-refractivity contribution < 1.29 is 30.3 Å². The van der Waals surface area contributed by atoms with Crippen molar-refractivity contribution in [3.63, 3.8) is 0 Å². The first-order valence-electron chi connectivity index (χ1n) is 15.1. The minimum atomic E-state index is -0.319. The molecule has 4 atom stereocenters. The minimum Gasteiger partial charge on any atom is -0.392 e. The van der Waals surface area contributed by atoms with Crippen LogP contribution in [0.2, 0.25) is 0 Å². The number of fused-ring (bicyclic) bond motifs is 2. The third kappa shape index (κ3) is 5.94. The van der Waals surface area contributed by atoms with Gasteiger partial charge in [-0.15, -0.1) is 35.9 Å². The van der Waals surface area contributed by atoms with Gasteiger partial charge in [0.25, 0.3) is 0 Å². The van der Waals surface area contributed by atoms with Gasteiger partial charge in [-0.2, -0.15) is 0 Å². The quantitative estimate of drug-likeness (QED) is 0.254. The molecule has 1 radical (unpaired) electrons. The van der Waals surface area contributed by atoms with Gasteiger partial charge in [-0.25, -0.2) is 0 Å². The molecule has 3 aromatic rings. The molecule has 0 aliphatic heterocycles. The first-order chi connectivity index (χ1) is 18.3. The van der Waals surface area contributed by atoms with Crippen molar-refractivity contribution in [3.8, 4) is 11.4 Å². The van der Waals surface area contributed by atoms with E-state index in [0.717, 1.165) is 55.4 Å². The van der Waals surface area contributed by atoms with Crippen molar-refractivity contribution in [2.75, 3.05) is 0 Å². The van der Waals surface area contributed by atoms with Crippen molar-refractivity contribution in [2.45, 2.75) is 111 Å². The van der Waals surface area contributed by atoms with Crippen LogP contribution < -0.4 is 0 Å². The Hall–Kier alpha value is -1.52. The second-order valence-electron chi connectivity index (χ2n) is 12.1. The molecule has 0 saturated heterocycles. The molecule has 2 fully saturated rings. The van der Waals surface area contributed by atoms with E-state index < -0.39 is 0 Å². The van der Waals surface area contributed by atoms with Crippen molar-refractivity contribution in [1.29, 1.82) is 0 Å². The second kappa shape index (κ2) is 13.4. The van der Waals surface area contributed by atoms with Gasteiger partial charge in [0.05, 0.1) is 29.1 Å². The Morgan fingerprint density at radius 1 is 0.923 bits per heavy atom. The predicted octanol–water partition coefficient (Wildman–Crippen LogP) is 8.22. The van der Waals surface area contributed by atoms with Crippen LogP contribution in [0.15, 0.2) is 48.5 Å². The van der Waals surface area contributed by atoms with Crippen molar-refractivity contribution in [2.24, 2.45) is 22.7 Å². The van der Waals surface area contributed by atoms with Crippen LogP contribution in [-0.4, -0.2) is 32.0 Å². The fraction of sp³-hybridized carbons (Fsp3) is 0.618. The van der Waals surface area contributed by atoms with Crippen LogP contribution in [0.4, 0.5) is 0 Å². The standard InChI is InChI=1S/C18H34O2.C16H15N2.Ir/c1-5-17(6-2)11-9-10-13-12-18(7-3,8-4)16(20)14(13)15(17)19;1-12(2)18-15-11-7-6-10-14(15)17-16(18)13-8-4-3-5-9-13;/h13-16,19-20H,5-12H2,1-4H3;3-8,10-12H,1-2H3;/q;-1;. The molecule has 4 unspecified atom stereocenters. The van der Waals surface area contributed by atoms with E-state index in [0.29, 0.717) is 12.0 Å². The van der Waals surface area contributed by atoms with Gasteiger partial charge in [0.2, 0.25) is 0 Å². The Bertz CT molecular complexity index is 1170. The smallest absolute Gasteiger partial charge is 0.0770 e. The van der Waals surface area contributed by atoms with E-state index in [1.165, 1.54) is 18.4 Å². The van der Waals surface area contributed by atoms with Crippen LogP contribution in [0, 0.1) is 28.7 Å². The van der Waals surface area contributed by atoms with Crippen molar-refractivity contribution >= 4 is 11.0 Å². The maximum absolute atomic E-state index is 11.1. The molecule has 4 nitrogen and oxygen atoms in total. The number of aliphatic hydroxyl groups is 2. The molecule has 0 amide bonds. The molecule has 5 rings (SSSR count). The summed E-state index contributed by atoms with van der Waals surface area (Å²) in [7, 11) is 0. The number of aromatic nitrogens is 2. The number of aliphatic hydroxyl groups excluding tert-OH is 2. The second-order valence-corrected chi connectivity index (χ2v) is 12.1. The fourth-order valence-corrected chi connectivity index (χ4v) is 7.71. The largest absolute Gasteiger partial charge is 0.392 e. The molecular formula is C34H49IrN2O2-. The normalized spacial score (nSPS) is 25.4. The Balaban J connectivity index is 0.000000211. The average molecular weight is 710 g/mol. The molecule has 5 heteroatoms. The Morgan fingerprint density at radius 2 is 1.54 bits per heavy atom. The summed E-state index contributed by atoms with van der Waals surface area (Å²) in [5, 5.41) is 22.1. The molecule has 0 spiro atoms. The van der Waals surface area contributed by atoms with Crippen molar-refractivity contribution in [1.82, 2.24) is 9.55 Å².